The molecule has 0 bridgehead atoms. The van der Waals surface area contributed by atoms with Gasteiger partial charge in [0.25, 0.3) is 0 Å². The number of carboxylic acids is 1. The Bertz CT molecular complexity index is 586. The van der Waals surface area contributed by atoms with Gasteiger partial charge in [-0.1, -0.05) is 12.1 Å². The summed E-state index contributed by atoms with van der Waals surface area (Å²) in [4.78, 5) is 27.5. The molecular weight excluding hydrogens is 273 g/mol. The maximum absolute atomic E-state index is 11.8. The summed E-state index contributed by atoms with van der Waals surface area (Å²) in [6.45, 7) is 0. The van der Waals surface area contributed by atoms with Crippen molar-refractivity contribution in [1.29, 1.82) is 0 Å². The molecule has 0 saturated carbocycles. The molecule has 1 aromatic heterocycles. The van der Waals surface area contributed by atoms with Gasteiger partial charge in [0.05, 0.1) is 11.1 Å². The number of carbonyl (C=O) groups excluding carboxylic acids is 1. The van der Waals surface area contributed by atoms with E-state index in [4.69, 9.17) is 9.94 Å². The van der Waals surface area contributed by atoms with Crippen LogP contribution in [0.25, 0.3) is 0 Å². The fraction of sp³-hybridized carbons (Fsp3) is 0. The minimum absolute atomic E-state index is 0. The van der Waals surface area contributed by atoms with E-state index in [1.807, 2.05) is 0 Å². The molecule has 0 radical (unpaired) electrons. The van der Waals surface area contributed by atoms with Crippen molar-refractivity contribution in [2.24, 2.45) is 0 Å². The van der Waals surface area contributed by atoms with E-state index >= 15 is 0 Å². The molecule has 19 heavy (non-hydrogen) atoms. The molecule has 1 heterocycles. The van der Waals surface area contributed by atoms with E-state index in [1.165, 1.54) is 29.0 Å². The third kappa shape index (κ3) is 4.52. The molecule has 0 atom stereocenters. The Labute approximate surface area is 152 Å². The SMILES string of the molecule is O=C(O)c1cccc(C(=O)O[n+]2ccccc2)c1.[KH]. The zero-order valence-electron chi connectivity index (χ0n) is 9.32. The van der Waals surface area contributed by atoms with Crippen LogP contribution in [0, 0.1) is 0 Å². The average molecular weight is 284 g/mol. The van der Waals surface area contributed by atoms with Gasteiger partial charge < -0.3 is 5.11 Å². The summed E-state index contributed by atoms with van der Waals surface area (Å²) in [6.07, 6.45) is 3.14. The summed E-state index contributed by atoms with van der Waals surface area (Å²) in [5.74, 6) is -1.70. The first-order valence-electron chi connectivity index (χ1n) is 5.19. The first kappa shape index (κ1) is 16.0. The van der Waals surface area contributed by atoms with E-state index < -0.39 is 11.9 Å². The zero-order chi connectivity index (χ0) is 13.0. The number of pyridine rings is 1. The molecule has 1 N–H and O–H groups in total. The van der Waals surface area contributed by atoms with Gasteiger partial charge >= 0.3 is 63.3 Å². The van der Waals surface area contributed by atoms with Crippen LogP contribution in [0.5, 0.6) is 0 Å². The quantitative estimate of drug-likeness (QED) is 0.650. The molecule has 0 aliphatic carbocycles. The van der Waals surface area contributed by atoms with Gasteiger partial charge in [0.2, 0.25) is 12.4 Å². The summed E-state index contributed by atoms with van der Waals surface area (Å²) >= 11 is 0. The number of carbonyl (C=O) groups is 2. The first-order valence-corrected chi connectivity index (χ1v) is 5.19. The Morgan fingerprint density at radius 1 is 1.00 bits per heavy atom. The summed E-state index contributed by atoms with van der Waals surface area (Å²) in [5.41, 5.74) is 0.230. The van der Waals surface area contributed by atoms with Crippen molar-refractivity contribution in [3.05, 3.63) is 66.0 Å². The summed E-state index contributed by atoms with van der Waals surface area (Å²) in [7, 11) is 0. The van der Waals surface area contributed by atoms with E-state index in [-0.39, 0.29) is 62.5 Å². The van der Waals surface area contributed by atoms with E-state index in [2.05, 4.69) is 0 Å². The normalized spacial score (nSPS) is 9.26. The number of hydrogen-bond donors (Lipinski definition) is 1. The van der Waals surface area contributed by atoms with Crippen LogP contribution in [0.1, 0.15) is 20.7 Å². The van der Waals surface area contributed by atoms with Gasteiger partial charge in [-0.2, -0.15) is 4.84 Å². The molecule has 92 valence electrons. The monoisotopic (exact) mass is 284 g/mol. The predicted octanol–water partition coefficient (Wildman–Crippen LogP) is 0.293. The molecular formula is C13H11KNO4+. The summed E-state index contributed by atoms with van der Waals surface area (Å²) < 4.78 is 1.25. The third-order valence-corrected chi connectivity index (χ3v) is 2.22. The molecule has 0 aliphatic rings. The molecule has 2 aromatic rings. The number of rotatable bonds is 3. The van der Waals surface area contributed by atoms with Crippen LogP contribution >= 0.6 is 0 Å². The standard InChI is InChI=1S/C13H9NO4.K.H/c15-12(16)10-5-4-6-11(9-10)13(17)18-14-7-2-1-3-8-14;;/h1-9H;;/p+1. The number of aromatic nitrogens is 1. The zero-order valence-corrected chi connectivity index (χ0v) is 9.32. The first-order chi connectivity index (χ1) is 8.66. The second-order valence-electron chi connectivity index (χ2n) is 3.50. The van der Waals surface area contributed by atoms with E-state index in [9.17, 15) is 9.59 Å². The van der Waals surface area contributed by atoms with E-state index in [1.54, 1.807) is 30.6 Å². The second kappa shape index (κ2) is 7.51. The van der Waals surface area contributed by atoms with Crippen LogP contribution in [0.15, 0.2) is 54.9 Å². The molecule has 0 unspecified atom stereocenters. The van der Waals surface area contributed by atoms with Crippen LogP contribution in [-0.2, 0) is 0 Å². The Hall–Kier alpha value is -1.05. The number of benzene rings is 1. The Kier molecular flexibility index (Phi) is 6.33. The number of aromatic carboxylic acids is 1. The Balaban J connectivity index is 0.00000180. The molecule has 0 aliphatic heterocycles. The van der Waals surface area contributed by atoms with Gasteiger partial charge in [0.15, 0.2) is 0 Å². The van der Waals surface area contributed by atoms with Crippen molar-refractivity contribution in [3.63, 3.8) is 0 Å². The van der Waals surface area contributed by atoms with Crippen molar-refractivity contribution in [2.75, 3.05) is 0 Å². The fourth-order valence-corrected chi connectivity index (χ4v) is 1.37. The molecule has 0 fully saturated rings. The minimum atomic E-state index is -1.09. The summed E-state index contributed by atoms with van der Waals surface area (Å²) in [6, 6.07) is 10.9. The Morgan fingerprint density at radius 2 is 1.63 bits per heavy atom. The number of nitrogens with zero attached hydrogens (tertiary/aromatic N) is 1. The molecule has 0 spiro atoms. The van der Waals surface area contributed by atoms with Crippen LogP contribution < -0.4 is 9.57 Å². The van der Waals surface area contributed by atoms with Gasteiger partial charge in [-0.3, -0.25) is 0 Å². The predicted molar refractivity (Wildman–Crippen MR) is 68.1 cm³/mol. The number of carboxylic acid groups (broad SMARTS) is 1. The van der Waals surface area contributed by atoms with Gasteiger partial charge in [-0.15, -0.1) is 0 Å². The molecule has 2 rings (SSSR count). The van der Waals surface area contributed by atoms with Crippen molar-refractivity contribution in [3.8, 4) is 0 Å². The van der Waals surface area contributed by atoms with Crippen molar-refractivity contribution >= 4 is 63.3 Å². The van der Waals surface area contributed by atoms with Gasteiger partial charge in [-0.05, 0) is 18.2 Å². The van der Waals surface area contributed by atoms with Crippen LogP contribution in [-0.4, -0.2) is 68.4 Å². The molecule has 0 saturated heterocycles. The average Bonchev–Trinajstić information content (AvgIpc) is 2.40. The fourth-order valence-electron chi connectivity index (χ4n) is 1.37. The van der Waals surface area contributed by atoms with Crippen molar-refractivity contribution in [2.45, 2.75) is 0 Å². The van der Waals surface area contributed by atoms with Crippen molar-refractivity contribution < 1.29 is 24.3 Å². The van der Waals surface area contributed by atoms with Crippen LogP contribution in [0.2, 0.25) is 0 Å². The summed E-state index contributed by atoms with van der Waals surface area (Å²) in [5, 5.41) is 8.82. The van der Waals surface area contributed by atoms with Gasteiger partial charge in [-0.25, -0.2) is 9.59 Å². The topological polar surface area (TPSA) is 67.5 Å². The maximum atomic E-state index is 11.8. The Morgan fingerprint density at radius 3 is 2.26 bits per heavy atom. The van der Waals surface area contributed by atoms with Crippen LogP contribution in [0.3, 0.4) is 0 Å². The molecule has 1 aromatic carbocycles. The third-order valence-electron chi connectivity index (χ3n) is 2.22. The van der Waals surface area contributed by atoms with E-state index in [0.717, 1.165) is 0 Å². The molecule has 5 nitrogen and oxygen atoms in total. The van der Waals surface area contributed by atoms with E-state index in [0.29, 0.717) is 0 Å². The van der Waals surface area contributed by atoms with Crippen LogP contribution in [0.4, 0.5) is 0 Å². The van der Waals surface area contributed by atoms with Crippen molar-refractivity contribution in [1.82, 2.24) is 0 Å². The molecule has 6 heteroatoms. The molecule has 0 amide bonds. The number of hydrogen-bond acceptors (Lipinski definition) is 3. The van der Waals surface area contributed by atoms with Gasteiger partial charge in [0, 0.05) is 16.9 Å². The second-order valence-corrected chi connectivity index (χ2v) is 3.50. The van der Waals surface area contributed by atoms with Gasteiger partial charge in [0.1, 0.15) is 0 Å².